The number of halogens is 1. The van der Waals surface area contributed by atoms with Crippen molar-refractivity contribution in [3.05, 3.63) is 94.8 Å². The molecule has 156 valence electrons. The van der Waals surface area contributed by atoms with Crippen LogP contribution in [-0.4, -0.2) is 18.9 Å². The first-order valence-electron chi connectivity index (χ1n) is 9.51. The molecule has 0 bridgehead atoms. The molecule has 3 aromatic rings. The van der Waals surface area contributed by atoms with E-state index in [0.717, 1.165) is 15.4 Å². The van der Waals surface area contributed by atoms with E-state index >= 15 is 0 Å². The number of nitrogens with zero attached hydrogens (tertiary/aromatic N) is 1. The Balaban J connectivity index is 1.74. The second-order valence-electron chi connectivity index (χ2n) is 6.87. The van der Waals surface area contributed by atoms with E-state index in [4.69, 9.17) is 4.74 Å². The van der Waals surface area contributed by atoms with Crippen LogP contribution in [0.25, 0.3) is 0 Å². The number of benzene rings is 3. The van der Waals surface area contributed by atoms with Crippen LogP contribution < -0.4 is 15.0 Å². The van der Waals surface area contributed by atoms with Crippen molar-refractivity contribution in [1.29, 1.82) is 0 Å². The van der Waals surface area contributed by atoms with Gasteiger partial charge in [-0.3, -0.25) is 9.59 Å². The first-order chi connectivity index (χ1) is 15.0. The molecule has 3 aromatic carbocycles. The molecule has 0 fully saturated rings. The molecule has 1 aliphatic heterocycles. The van der Waals surface area contributed by atoms with Crippen molar-refractivity contribution in [3.63, 3.8) is 0 Å². The van der Waals surface area contributed by atoms with Gasteiger partial charge in [-0.05, 0) is 55.5 Å². The van der Waals surface area contributed by atoms with Crippen molar-refractivity contribution in [2.24, 2.45) is 0 Å². The van der Waals surface area contributed by atoms with Gasteiger partial charge in [-0.25, -0.2) is 9.29 Å². The van der Waals surface area contributed by atoms with Gasteiger partial charge in [0, 0.05) is 10.6 Å². The summed E-state index contributed by atoms with van der Waals surface area (Å²) < 4.78 is 19.6. The van der Waals surface area contributed by atoms with Crippen LogP contribution in [0.3, 0.4) is 0 Å². The summed E-state index contributed by atoms with van der Waals surface area (Å²) in [5.41, 5.74) is 1.71. The SMILES string of the molecule is COc1ccc(NC2=C(Sc3ccc(C)cc3)C(=O)N(c3ccccc3F)C2=O)cc1. The van der Waals surface area contributed by atoms with Gasteiger partial charge in [-0.2, -0.15) is 0 Å². The maximum absolute atomic E-state index is 14.4. The predicted molar refractivity (Wildman–Crippen MR) is 120 cm³/mol. The highest BCUT2D eigenvalue weighted by Gasteiger charge is 2.41. The number of methoxy groups -OCH3 is 1. The molecular weight excluding hydrogens is 415 g/mol. The zero-order valence-corrected chi connectivity index (χ0v) is 17.7. The van der Waals surface area contributed by atoms with Crippen LogP contribution in [0.2, 0.25) is 0 Å². The average molecular weight is 434 g/mol. The molecule has 1 N–H and O–H groups in total. The highest BCUT2D eigenvalue weighted by Crippen LogP contribution is 2.38. The van der Waals surface area contributed by atoms with E-state index in [1.54, 1.807) is 37.4 Å². The molecule has 0 saturated heterocycles. The Labute approximate surface area is 183 Å². The highest BCUT2D eigenvalue weighted by atomic mass is 32.2. The van der Waals surface area contributed by atoms with Gasteiger partial charge in [0.15, 0.2) is 0 Å². The van der Waals surface area contributed by atoms with E-state index in [0.29, 0.717) is 11.4 Å². The number of nitrogens with one attached hydrogen (secondary N) is 1. The third-order valence-corrected chi connectivity index (χ3v) is 5.83. The normalized spacial score (nSPS) is 13.7. The maximum atomic E-state index is 14.4. The van der Waals surface area contributed by atoms with Crippen LogP contribution in [0.15, 0.2) is 88.3 Å². The molecule has 2 amide bonds. The standard InChI is InChI=1S/C24H19FN2O3S/c1-15-7-13-18(14-8-15)31-22-21(26-16-9-11-17(30-2)12-10-16)23(28)27(24(22)29)20-6-4-3-5-19(20)25/h3-14,26H,1-2H3. The fourth-order valence-corrected chi connectivity index (χ4v) is 4.04. The van der Waals surface area contributed by atoms with Crippen molar-refractivity contribution >= 4 is 35.0 Å². The number of hydrogen-bond acceptors (Lipinski definition) is 5. The molecule has 4 rings (SSSR count). The Hall–Kier alpha value is -3.58. The third-order valence-electron chi connectivity index (χ3n) is 4.73. The largest absolute Gasteiger partial charge is 0.497 e. The Bertz CT molecular complexity index is 1170. The van der Waals surface area contributed by atoms with Crippen LogP contribution >= 0.6 is 11.8 Å². The number of carbonyl (C=O) groups excluding carboxylic acids is 2. The second-order valence-corrected chi connectivity index (χ2v) is 7.95. The summed E-state index contributed by atoms with van der Waals surface area (Å²) in [6.07, 6.45) is 0. The van der Waals surface area contributed by atoms with Gasteiger partial charge in [-0.15, -0.1) is 0 Å². The lowest BCUT2D eigenvalue weighted by Crippen LogP contribution is -2.33. The first kappa shape index (κ1) is 20.7. The minimum absolute atomic E-state index is 0.0777. The van der Waals surface area contributed by atoms with E-state index in [2.05, 4.69) is 5.32 Å². The highest BCUT2D eigenvalue weighted by molar-refractivity contribution is 8.04. The van der Waals surface area contributed by atoms with E-state index in [9.17, 15) is 14.0 Å². The summed E-state index contributed by atoms with van der Waals surface area (Å²) in [4.78, 5) is 28.3. The Kier molecular flexibility index (Phi) is 5.77. The lowest BCUT2D eigenvalue weighted by atomic mass is 10.2. The molecule has 1 aliphatic rings. The number of ether oxygens (including phenoxy) is 1. The van der Waals surface area contributed by atoms with Crippen LogP contribution in [0.5, 0.6) is 5.75 Å². The van der Waals surface area contributed by atoms with E-state index < -0.39 is 17.6 Å². The molecule has 0 saturated carbocycles. The number of anilines is 2. The topological polar surface area (TPSA) is 58.6 Å². The van der Waals surface area contributed by atoms with E-state index in [-0.39, 0.29) is 16.3 Å². The molecule has 5 nitrogen and oxygen atoms in total. The molecule has 0 atom stereocenters. The summed E-state index contributed by atoms with van der Waals surface area (Å²) in [7, 11) is 1.56. The van der Waals surface area contributed by atoms with Gasteiger partial charge in [0.1, 0.15) is 22.2 Å². The number of imide groups is 1. The third kappa shape index (κ3) is 4.18. The average Bonchev–Trinajstić information content (AvgIpc) is 3.00. The molecule has 7 heteroatoms. The number of para-hydroxylation sites is 1. The zero-order chi connectivity index (χ0) is 22.0. The predicted octanol–water partition coefficient (Wildman–Crippen LogP) is 5.13. The molecule has 1 heterocycles. The van der Waals surface area contributed by atoms with Crippen molar-refractivity contribution in [2.45, 2.75) is 11.8 Å². The van der Waals surface area contributed by atoms with Crippen LogP contribution in [0.1, 0.15) is 5.56 Å². The van der Waals surface area contributed by atoms with Crippen LogP contribution in [0, 0.1) is 12.7 Å². The van der Waals surface area contributed by atoms with Crippen molar-refractivity contribution in [3.8, 4) is 5.75 Å². The van der Waals surface area contributed by atoms with Crippen molar-refractivity contribution < 1.29 is 18.7 Å². The number of thioether (sulfide) groups is 1. The molecular formula is C24H19FN2O3S. The van der Waals surface area contributed by atoms with Gasteiger partial charge in [0.2, 0.25) is 0 Å². The number of rotatable bonds is 6. The summed E-state index contributed by atoms with van der Waals surface area (Å²) in [6.45, 7) is 1.97. The van der Waals surface area contributed by atoms with Gasteiger partial charge in [0.25, 0.3) is 11.8 Å². The number of aryl methyl sites for hydroxylation is 1. The fraction of sp³-hybridized carbons (Fsp3) is 0.0833. The number of carbonyl (C=O) groups is 2. The number of hydrogen-bond donors (Lipinski definition) is 1. The molecule has 0 spiro atoms. The first-order valence-corrected chi connectivity index (χ1v) is 10.3. The summed E-state index contributed by atoms with van der Waals surface area (Å²) in [5.74, 6) is -1.16. The van der Waals surface area contributed by atoms with Crippen molar-refractivity contribution in [2.75, 3.05) is 17.3 Å². The minimum atomic E-state index is -0.644. The zero-order valence-electron chi connectivity index (χ0n) is 16.9. The summed E-state index contributed by atoms with van der Waals surface area (Å²) >= 11 is 1.17. The quantitative estimate of drug-likeness (QED) is 0.545. The van der Waals surface area contributed by atoms with Crippen LogP contribution in [-0.2, 0) is 9.59 Å². The second kappa shape index (κ2) is 8.65. The summed E-state index contributed by atoms with van der Waals surface area (Å²) in [6, 6.07) is 20.3. The van der Waals surface area contributed by atoms with Gasteiger partial charge >= 0.3 is 0 Å². The lowest BCUT2D eigenvalue weighted by Gasteiger charge is -2.16. The molecule has 0 aliphatic carbocycles. The Morgan fingerprint density at radius 3 is 2.23 bits per heavy atom. The molecule has 0 unspecified atom stereocenters. The van der Waals surface area contributed by atoms with E-state index in [1.807, 2.05) is 31.2 Å². The number of amides is 2. The van der Waals surface area contributed by atoms with E-state index in [1.165, 1.54) is 30.0 Å². The van der Waals surface area contributed by atoms with Gasteiger partial charge < -0.3 is 10.1 Å². The molecule has 0 aromatic heterocycles. The van der Waals surface area contributed by atoms with Gasteiger partial charge in [0.05, 0.1) is 12.8 Å². The van der Waals surface area contributed by atoms with Crippen molar-refractivity contribution in [1.82, 2.24) is 0 Å². The minimum Gasteiger partial charge on any atom is -0.497 e. The smallest absolute Gasteiger partial charge is 0.283 e. The maximum Gasteiger partial charge on any atom is 0.283 e. The fourth-order valence-electron chi connectivity index (χ4n) is 3.11. The van der Waals surface area contributed by atoms with Gasteiger partial charge in [-0.1, -0.05) is 41.6 Å². The Morgan fingerprint density at radius 2 is 1.58 bits per heavy atom. The Morgan fingerprint density at radius 1 is 0.903 bits per heavy atom. The lowest BCUT2D eigenvalue weighted by molar-refractivity contribution is -0.120. The monoisotopic (exact) mass is 434 g/mol. The summed E-state index contributed by atoms with van der Waals surface area (Å²) in [5, 5.41) is 3.04. The molecule has 31 heavy (non-hydrogen) atoms. The molecule has 0 radical (unpaired) electrons. The van der Waals surface area contributed by atoms with Crippen LogP contribution in [0.4, 0.5) is 15.8 Å².